The highest BCUT2D eigenvalue weighted by atomic mass is 32.1. The molecule has 33 heavy (non-hydrogen) atoms. The SMILES string of the molecule is CC1(C)C(=O)N(c2ccc(C#N)c(C(F)(F)F)c2)C(=S)N1c1ccc(CCCC#N)c(F)c1. The van der Waals surface area contributed by atoms with Crippen LogP contribution in [-0.2, 0) is 17.4 Å². The van der Waals surface area contributed by atoms with Gasteiger partial charge in [-0.1, -0.05) is 6.07 Å². The Morgan fingerprint density at radius 2 is 1.76 bits per heavy atom. The Bertz CT molecular complexity index is 1210. The van der Waals surface area contributed by atoms with Gasteiger partial charge in [0.25, 0.3) is 5.91 Å². The minimum atomic E-state index is -4.80. The van der Waals surface area contributed by atoms with Crippen LogP contribution in [0.25, 0.3) is 0 Å². The van der Waals surface area contributed by atoms with Gasteiger partial charge in [-0.2, -0.15) is 23.7 Å². The second-order valence-corrected chi connectivity index (χ2v) is 8.31. The van der Waals surface area contributed by atoms with Gasteiger partial charge in [0, 0.05) is 12.1 Å². The molecule has 1 amide bonds. The molecule has 5 nitrogen and oxygen atoms in total. The second kappa shape index (κ2) is 8.80. The standard InChI is InChI=1S/C23H18F4N4OS/c1-22(2)20(32)30(16-8-7-15(13-29)18(11-16)23(25,26)27)21(33)31(22)17-9-6-14(19(24)12-17)5-3-4-10-28/h6-9,11-12H,3-5H2,1-2H3. The summed E-state index contributed by atoms with van der Waals surface area (Å²) >= 11 is 5.44. The Hall–Kier alpha value is -3.50. The summed E-state index contributed by atoms with van der Waals surface area (Å²) in [5.41, 5.74) is -2.52. The predicted octanol–water partition coefficient (Wildman–Crippen LogP) is 5.48. The smallest absolute Gasteiger partial charge is 0.303 e. The molecule has 1 saturated heterocycles. The number of benzene rings is 2. The maximum Gasteiger partial charge on any atom is 0.417 e. The first-order valence-electron chi connectivity index (χ1n) is 9.89. The number of carbonyl (C=O) groups excluding carboxylic acids is 1. The van der Waals surface area contributed by atoms with Crippen molar-refractivity contribution in [3.8, 4) is 12.1 Å². The molecule has 2 aromatic rings. The van der Waals surface area contributed by atoms with Crippen molar-refractivity contribution in [3.63, 3.8) is 0 Å². The quantitative estimate of drug-likeness (QED) is 0.326. The number of anilines is 2. The average molecular weight is 474 g/mol. The third-order valence-corrected chi connectivity index (χ3v) is 5.75. The first-order chi connectivity index (χ1) is 15.4. The Morgan fingerprint density at radius 3 is 2.33 bits per heavy atom. The van der Waals surface area contributed by atoms with Gasteiger partial charge in [0.05, 0.1) is 29.0 Å². The summed E-state index contributed by atoms with van der Waals surface area (Å²) in [5.74, 6) is -1.13. The molecule has 0 N–H and O–H groups in total. The zero-order chi connectivity index (χ0) is 24.6. The molecule has 0 aliphatic carbocycles. The van der Waals surface area contributed by atoms with E-state index < -0.39 is 34.6 Å². The third kappa shape index (κ3) is 4.39. The fourth-order valence-electron chi connectivity index (χ4n) is 3.70. The molecule has 170 valence electrons. The van der Waals surface area contributed by atoms with E-state index in [4.69, 9.17) is 22.7 Å². The van der Waals surface area contributed by atoms with Gasteiger partial charge in [0.2, 0.25) is 0 Å². The van der Waals surface area contributed by atoms with Crippen LogP contribution in [0.1, 0.15) is 43.4 Å². The summed E-state index contributed by atoms with van der Waals surface area (Å²) in [6.07, 6.45) is -3.65. The Balaban J connectivity index is 2.02. The number of unbranched alkanes of at least 4 members (excludes halogenated alkanes) is 1. The third-order valence-electron chi connectivity index (χ3n) is 5.38. The molecular formula is C23H18F4N4OS. The number of nitrogens with zero attached hydrogens (tertiary/aromatic N) is 4. The highest BCUT2D eigenvalue weighted by Crippen LogP contribution is 2.40. The van der Waals surface area contributed by atoms with Crippen molar-refractivity contribution in [1.29, 1.82) is 10.5 Å². The second-order valence-electron chi connectivity index (χ2n) is 7.94. The highest BCUT2D eigenvalue weighted by Gasteiger charge is 2.50. The maximum atomic E-state index is 14.7. The summed E-state index contributed by atoms with van der Waals surface area (Å²) in [6, 6.07) is 10.7. The lowest BCUT2D eigenvalue weighted by molar-refractivity contribution is -0.137. The lowest BCUT2D eigenvalue weighted by atomic mass is 10.0. The molecule has 0 radical (unpaired) electrons. The molecule has 1 aliphatic rings. The molecule has 0 unspecified atom stereocenters. The summed E-state index contributed by atoms with van der Waals surface area (Å²) in [7, 11) is 0. The van der Waals surface area contributed by atoms with Crippen LogP contribution in [-0.4, -0.2) is 16.6 Å². The summed E-state index contributed by atoms with van der Waals surface area (Å²) < 4.78 is 55.0. The maximum absolute atomic E-state index is 14.7. The monoisotopic (exact) mass is 474 g/mol. The molecule has 1 aliphatic heterocycles. The van der Waals surface area contributed by atoms with E-state index in [1.54, 1.807) is 6.07 Å². The van der Waals surface area contributed by atoms with E-state index in [2.05, 4.69) is 0 Å². The predicted molar refractivity (Wildman–Crippen MR) is 118 cm³/mol. The minimum Gasteiger partial charge on any atom is -0.303 e. The average Bonchev–Trinajstić information content (AvgIpc) is 2.92. The van der Waals surface area contributed by atoms with Crippen LogP contribution in [0.3, 0.4) is 0 Å². The molecule has 0 saturated carbocycles. The van der Waals surface area contributed by atoms with Gasteiger partial charge in [-0.05, 0) is 74.8 Å². The Labute approximate surface area is 193 Å². The molecule has 1 heterocycles. The van der Waals surface area contributed by atoms with E-state index >= 15 is 0 Å². The molecule has 0 bridgehead atoms. The first kappa shape index (κ1) is 24.1. The zero-order valence-electron chi connectivity index (χ0n) is 17.7. The number of aryl methyl sites for hydroxylation is 1. The minimum absolute atomic E-state index is 0.112. The number of halogens is 4. The number of alkyl halides is 3. The molecule has 3 rings (SSSR count). The molecule has 0 atom stereocenters. The lowest BCUT2D eigenvalue weighted by Gasteiger charge is -2.29. The first-order valence-corrected chi connectivity index (χ1v) is 10.3. The van der Waals surface area contributed by atoms with Gasteiger partial charge < -0.3 is 4.90 Å². The van der Waals surface area contributed by atoms with Crippen molar-refractivity contribution in [1.82, 2.24) is 0 Å². The number of carbonyl (C=O) groups is 1. The molecule has 0 spiro atoms. The van der Waals surface area contributed by atoms with Gasteiger partial charge in [-0.3, -0.25) is 9.69 Å². The topological polar surface area (TPSA) is 71.1 Å². The van der Waals surface area contributed by atoms with Crippen molar-refractivity contribution in [2.45, 2.75) is 44.8 Å². The number of thiocarbonyl (C=S) groups is 1. The van der Waals surface area contributed by atoms with Gasteiger partial charge in [0.1, 0.15) is 11.4 Å². The van der Waals surface area contributed by atoms with Gasteiger partial charge in [0.15, 0.2) is 5.11 Å². The highest BCUT2D eigenvalue weighted by molar-refractivity contribution is 7.81. The molecule has 1 fully saturated rings. The number of hydrogen-bond acceptors (Lipinski definition) is 4. The summed E-state index contributed by atoms with van der Waals surface area (Å²) in [5, 5.41) is 17.5. The molecule has 0 aromatic heterocycles. The Morgan fingerprint density at radius 1 is 1.09 bits per heavy atom. The normalized spacial score (nSPS) is 15.5. The van der Waals surface area contributed by atoms with Gasteiger partial charge in [-0.25, -0.2) is 4.39 Å². The van der Waals surface area contributed by atoms with Crippen LogP contribution in [0.5, 0.6) is 0 Å². The van der Waals surface area contributed by atoms with Crippen molar-refractivity contribution in [2.75, 3.05) is 9.80 Å². The number of hydrogen-bond donors (Lipinski definition) is 0. The van der Waals surface area contributed by atoms with E-state index in [0.29, 0.717) is 30.9 Å². The van der Waals surface area contributed by atoms with Crippen molar-refractivity contribution in [3.05, 3.63) is 58.9 Å². The van der Waals surface area contributed by atoms with Crippen molar-refractivity contribution >= 4 is 34.6 Å². The largest absolute Gasteiger partial charge is 0.417 e. The molecule has 2 aromatic carbocycles. The van der Waals surface area contributed by atoms with Crippen LogP contribution >= 0.6 is 12.2 Å². The van der Waals surface area contributed by atoms with Gasteiger partial charge in [-0.15, -0.1) is 0 Å². The van der Waals surface area contributed by atoms with Crippen LogP contribution in [0.15, 0.2) is 36.4 Å². The van der Waals surface area contributed by atoms with E-state index in [-0.39, 0.29) is 16.5 Å². The number of nitriles is 2. The summed E-state index contributed by atoms with van der Waals surface area (Å²) in [6.45, 7) is 3.07. The fourth-order valence-corrected chi connectivity index (χ4v) is 4.22. The van der Waals surface area contributed by atoms with E-state index in [1.807, 2.05) is 6.07 Å². The van der Waals surface area contributed by atoms with E-state index in [0.717, 1.165) is 11.0 Å². The van der Waals surface area contributed by atoms with Crippen LogP contribution in [0, 0.1) is 28.5 Å². The Kier molecular flexibility index (Phi) is 6.44. The van der Waals surface area contributed by atoms with Crippen molar-refractivity contribution < 1.29 is 22.4 Å². The number of rotatable bonds is 5. The van der Waals surface area contributed by atoms with Crippen LogP contribution in [0.2, 0.25) is 0 Å². The fraction of sp³-hybridized carbons (Fsp3) is 0.304. The van der Waals surface area contributed by atoms with Crippen LogP contribution in [0.4, 0.5) is 28.9 Å². The van der Waals surface area contributed by atoms with Crippen molar-refractivity contribution in [2.24, 2.45) is 0 Å². The van der Waals surface area contributed by atoms with E-state index in [1.165, 1.54) is 43.0 Å². The van der Waals surface area contributed by atoms with Crippen LogP contribution < -0.4 is 9.80 Å². The van der Waals surface area contributed by atoms with Gasteiger partial charge >= 0.3 is 6.18 Å². The molecule has 10 heteroatoms. The zero-order valence-corrected chi connectivity index (χ0v) is 18.5. The molecular weight excluding hydrogens is 456 g/mol. The number of amides is 1. The summed E-state index contributed by atoms with van der Waals surface area (Å²) in [4.78, 5) is 15.5. The lowest BCUT2D eigenvalue weighted by Crippen LogP contribution is -2.44. The van der Waals surface area contributed by atoms with E-state index in [9.17, 15) is 22.4 Å².